The summed E-state index contributed by atoms with van der Waals surface area (Å²) in [4.78, 5) is -0.938. The number of hydrogen-bond donors (Lipinski definition) is 1. The van der Waals surface area contributed by atoms with Crippen LogP contribution in [0.5, 0.6) is 0 Å². The van der Waals surface area contributed by atoms with Gasteiger partial charge in [-0.15, -0.1) is 0 Å². The number of hydrogen-bond acceptors (Lipinski definition) is 2. The Labute approximate surface area is 151 Å². The molecule has 1 N–H and O–H groups in total. The van der Waals surface area contributed by atoms with Crippen LogP contribution in [0.2, 0.25) is 0 Å². The van der Waals surface area contributed by atoms with Crippen molar-refractivity contribution in [3.63, 3.8) is 0 Å². The van der Waals surface area contributed by atoms with Gasteiger partial charge in [0.05, 0.1) is 16.8 Å². The smallest absolute Gasteiger partial charge is 0.280 e. The topological polar surface area (TPSA) is 46.2 Å². The first kappa shape index (κ1) is 20.5. The Morgan fingerprint density at radius 3 is 1.77 bits per heavy atom. The molecule has 3 nitrogen and oxygen atoms in total. The average molecular weight is 466 g/mol. The van der Waals surface area contributed by atoms with Crippen LogP contribution in [0, 0.1) is 5.82 Å². The van der Waals surface area contributed by atoms with Crippen LogP contribution in [0.3, 0.4) is 0 Å². The number of alkyl halides is 6. The molecule has 2 rings (SSSR count). The van der Waals surface area contributed by atoms with Crippen LogP contribution in [-0.2, 0) is 22.4 Å². The second kappa shape index (κ2) is 6.72. The highest BCUT2D eigenvalue weighted by atomic mass is 79.9. The number of nitrogens with one attached hydrogen (secondary N) is 1. The van der Waals surface area contributed by atoms with Gasteiger partial charge in [0.2, 0.25) is 0 Å². The van der Waals surface area contributed by atoms with Gasteiger partial charge in [0.15, 0.2) is 0 Å². The third-order valence-electron chi connectivity index (χ3n) is 3.02. The van der Waals surface area contributed by atoms with Crippen molar-refractivity contribution < 1.29 is 39.2 Å². The van der Waals surface area contributed by atoms with E-state index in [4.69, 9.17) is 0 Å². The molecule has 2 aromatic carbocycles. The van der Waals surface area contributed by atoms with E-state index in [0.29, 0.717) is 0 Å². The molecule has 0 heterocycles. The summed E-state index contributed by atoms with van der Waals surface area (Å²) in [6.45, 7) is 0. The van der Waals surface area contributed by atoms with Gasteiger partial charge < -0.3 is 0 Å². The zero-order chi connectivity index (χ0) is 19.9. The van der Waals surface area contributed by atoms with Crippen LogP contribution in [0.1, 0.15) is 11.1 Å². The van der Waals surface area contributed by atoms with E-state index in [2.05, 4.69) is 15.9 Å². The van der Waals surface area contributed by atoms with Gasteiger partial charge in [0.1, 0.15) is 10.7 Å². The molecule has 12 heteroatoms. The van der Waals surface area contributed by atoms with Crippen molar-refractivity contribution >= 4 is 31.6 Å². The summed E-state index contributed by atoms with van der Waals surface area (Å²) in [5, 5.41) is 0. The van der Waals surface area contributed by atoms with Gasteiger partial charge in [-0.2, -0.15) is 26.3 Å². The molecule has 142 valence electrons. The highest BCUT2D eigenvalue weighted by molar-refractivity contribution is 9.10. The van der Waals surface area contributed by atoms with Gasteiger partial charge in [0.25, 0.3) is 10.0 Å². The Bertz CT molecular complexity index is 907. The monoisotopic (exact) mass is 465 g/mol. The fraction of sp³-hybridized carbons (Fsp3) is 0.143. The van der Waals surface area contributed by atoms with Crippen LogP contribution in [0.25, 0.3) is 0 Å². The maximum atomic E-state index is 13.8. The molecule has 0 radical (unpaired) electrons. The Kier molecular flexibility index (Phi) is 5.30. The number of halogens is 8. The number of benzene rings is 2. The number of rotatable bonds is 3. The minimum Gasteiger partial charge on any atom is -0.280 e. The average Bonchev–Trinajstić information content (AvgIpc) is 2.44. The lowest BCUT2D eigenvalue weighted by atomic mass is 10.1. The van der Waals surface area contributed by atoms with E-state index in [9.17, 15) is 39.2 Å². The fourth-order valence-corrected chi connectivity index (χ4v) is 3.35. The molecule has 0 saturated heterocycles. The van der Waals surface area contributed by atoms with Crippen molar-refractivity contribution in [1.29, 1.82) is 0 Å². The van der Waals surface area contributed by atoms with E-state index < -0.39 is 49.9 Å². The molecule has 0 aliphatic carbocycles. The Balaban J connectivity index is 2.54. The van der Waals surface area contributed by atoms with Crippen molar-refractivity contribution in [3.8, 4) is 0 Å². The third-order valence-corrected chi connectivity index (χ3v) is 4.93. The summed E-state index contributed by atoms with van der Waals surface area (Å²) in [5.74, 6) is -1.24. The maximum Gasteiger partial charge on any atom is 0.416 e. The highest BCUT2D eigenvalue weighted by Gasteiger charge is 2.37. The van der Waals surface area contributed by atoms with E-state index in [1.54, 1.807) is 0 Å². The summed E-state index contributed by atoms with van der Waals surface area (Å²) in [5.41, 5.74) is -4.42. The predicted octanol–water partition coefficient (Wildman–Crippen LogP) is 5.43. The van der Waals surface area contributed by atoms with Gasteiger partial charge in [-0.1, -0.05) is 15.9 Å². The molecule has 0 aliphatic rings. The molecule has 0 aliphatic heterocycles. The van der Waals surface area contributed by atoms with E-state index >= 15 is 0 Å². The van der Waals surface area contributed by atoms with Crippen molar-refractivity contribution in [2.45, 2.75) is 17.2 Å². The van der Waals surface area contributed by atoms with Gasteiger partial charge in [-0.25, -0.2) is 12.8 Å². The zero-order valence-corrected chi connectivity index (χ0v) is 14.6. The molecular weight excluding hydrogens is 459 g/mol. The lowest BCUT2D eigenvalue weighted by Gasteiger charge is -2.15. The molecule has 0 atom stereocenters. The van der Waals surface area contributed by atoms with E-state index in [-0.39, 0.29) is 22.7 Å². The van der Waals surface area contributed by atoms with Crippen molar-refractivity contribution in [2.75, 3.05) is 4.72 Å². The second-order valence-corrected chi connectivity index (χ2v) is 7.54. The van der Waals surface area contributed by atoms with Gasteiger partial charge in [-0.3, -0.25) is 4.72 Å². The summed E-state index contributed by atoms with van der Waals surface area (Å²) < 4.78 is 116. The largest absolute Gasteiger partial charge is 0.416 e. The highest BCUT2D eigenvalue weighted by Crippen LogP contribution is 2.38. The maximum absolute atomic E-state index is 13.8. The first-order chi connectivity index (χ1) is 11.7. The molecule has 0 bridgehead atoms. The lowest BCUT2D eigenvalue weighted by Crippen LogP contribution is -2.17. The number of anilines is 1. The minimum absolute atomic E-state index is 0.155. The van der Waals surface area contributed by atoms with E-state index in [1.807, 2.05) is 0 Å². The van der Waals surface area contributed by atoms with Crippen LogP contribution < -0.4 is 4.72 Å². The van der Waals surface area contributed by atoms with Crippen LogP contribution >= 0.6 is 15.9 Å². The molecule has 0 saturated carbocycles. The molecule has 0 aromatic heterocycles. The van der Waals surface area contributed by atoms with Gasteiger partial charge >= 0.3 is 12.4 Å². The van der Waals surface area contributed by atoms with Crippen molar-refractivity contribution in [3.05, 3.63) is 57.8 Å². The van der Waals surface area contributed by atoms with Gasteiger partial charge in [-0.05, 0) is 36.4 Å². The SMILES string of the molecule is O=S(=O)(Nc1cc(C(F)(F)F)cc(C(F)(F)F)c1)c1ccc(Br)cc1F. The van der Waals surface area contributed by atoms with E-state index in [0.717, 1.165) is 18.2 Å². The quantitative estimate of drug-likeness (QED) is 0.614. The molecule has 0 amide bonds. The molecule has 26 heavy (non-hydrogen) atoms. The molecule has 2 aromatic rings. The zero-order valence-electron chi connectivity index (χ0n) is 12.2. The fourth-order valence-electron chi connectivity index (χ4n) is 1.92. The van der Waals surface area contributed by atoms with Gasteiger partial charge in [0, 0.05) is 4.47 Å². The Morgan fingerprint density at radius 2 is 1.35 bits per heavy atom. The molecule has 0 spiro atoms. The van der Waals surface area contributed by atoms with Crippen molar-refractivity contribution in [1.82, 2.24) is 0 Å². The van der Waals surface area contributed by atoms with Crippen LogP contribution in [0.4, 0.5) is 36.4 Å². The third kappa shape index (κ3) is 4.67. The summed E-state index contributed by atoms with van der Waals surface area (Å²) in [6.07, 6.45) is -10.3. The summed E-state index contributed by atoms with van der Waals surface area (Å²) >= 11 is 2.89. The van der Waals surface area contributed by atoms with Crippen molar-refractivity contribution in [2.24, 2.45) is 0 Å². The Morgan fingerprint density at radius 1 is 0.846 bits per heavy atom. The molecular formula is C14H7BrF7NO2S. The first-order valence-corrected chi connectivity index (χ1v) is 8.75. The Hall–Kier alpha value is -1.82. The van der Waals surface area contributed by atoms with Crippen LogP contribution in [-0.4, -0.2) is 8.42 Å². The summed E-state index contributed by atoms with van der Waals surface area (Å²) in [6, 6.07) is 2.94. The molecule has 0 fully saturated rings. The standard InChI is InChI=1S/C14H7BrF7NO2S/c15-9-1-2-12(11(16)6-9)26(24,25)23-10-4-7(13(17,18)19)3-8(5-10)14(20,21)22/h1-6,23H. The van der Waals surface area contributed by atoms with E-state index in [1.165, 1.54) is 4.72 Å². The predicted molar refractivity (Wildman–Crippen MR) is 81.4 cm³/mol. The minimum atomic E-state index is -5.15. The van der Waals surface area contributed by atoms with Crippen LogP contribution in [0.15, 0.2) is 45.8 Å². The second-order valence-electron chi connectivity index (χ2n) is 4.97. The first-order valence-electron chi connectivity index (χ1n) is 6.47. The normalized spacial score (nSPS) is 12.9. The molecule has 0 unspecified atom stereocenters. The lowest BCUT2D eigenvalue weighted by molar-refractivity contribution is -0.143. The number of sulfonamides is 1. The summed E-state index contributed by atoms with van der Waals surface area (Å²) in [7, 11) is -4.77.